The van der Waals surface area contributed by atoms with E-state index in [2.05, 4.69) is 15.5 Å². The highest BCUT2D eigenvalue weighted by atomic mass is 35.5. The van der Waals surface area contributed by atoms with Crippen LogP contribution in [0.2, 0.25) is 5.02 Å². The van der Waals surface area contributed by atoms with Crippen LogP contribution in [0.1, 0.15) is 38.9 Å². The molecule has 1 aromatic heterocycles. The minimum atomic E-state index is -0.591. The molecule has 0 radical (unpaired) electrons. The lowest BCUT2D eigenvalue weighted by Crippen LogP contribution is -2.17. The van der Waals surface area contributed by atoms with E-state index in [0.29, 0.717) is 28.5 Å². The van der Waals surface area contributed by atoms with E-state index in [1.807, 2.05) is 13.8 Å². The number of ether oxygens (including phenoxy) is 2. The lowest BCUT2D eigenvalue weighted by atomic mass is 10.2. The third-order valence-corrected chi connectivity index (χ3v) is 4.45. The fourth-order valence-electron chi connectivity index (χ4n) is 2.57. The van der Waals surface area contributed by atoms with Gasteiger partial charge in [-0.25, -0.2) is 10.2 Å². The average Bonchev–Trinajstić information content (AvgIpc) is 2.76. The van der Waals surface area contributed by atoms with Crippen molar-refractivity contribution < 1.29 is 19.1 Å². The highest BCUT2D eigenvalue weighted by molar-refractivity contribution is 6.33. The zero-order chi connectivity index (χ0) is 22.2. The van der Waals surface area contributed by atoms with Gasteiger partial charge in [0.05, 0.1) is 29.0 Å². The van der Waals surface area contributed by atoms with Crippen molar-refractivity contribution >= 4 is 29.7 Å². The number of hydrogen-bond donors (Lipinski definition) is 1. The van der Waals surface area contributed by atoms with Crippen LogP contribution in [0, 0.1) is 6.92 Å². The van der Waals surface area contributed by atoms with Crippen molar-refractivity contribution in [1.29, 1.82) is 0 Å². The van der Waals surface area contributed by atoms with Crippen LogP contribution in [0.3, 0.4) is 0 Å². The van der Waals surface area contributed by atoms with Crippen LogP contribution in [-0.2, 0) is 0 Å². The first kappa shape index (κ1) is 22.0. The predicted octanol–water partition coefficient (Wildman–Crippen LogP) is 4.43. The van der Waals surface area contributed by atoms with Gasteiger partial charge in [-0.2, -0.15) is 5.10 Å². The largest absolute Gasteiger partial charge is 0.490 e. The number of amides is 1. The molecule has 0 saturated carbocycles. The predicted molar refractivity (Wildman–Crippen MR) is 118 cm³/mol. The van der Waals surface area contributed by atoms with E-state index in [4.69, 9.17) is 21.1 Å². The van der Waals surface area contributed by atoms with E-state index in [-0.39, 0.29) is 17.2 Å². The number of carbonyl (C=O) groups is 2. The first-order valence-electron chi connectivity index (χ1n) is 9.47. The van der Waals surface area contributed by atoms with Gasteiger partial charge >= 0.3 is 5.97 Å². The maximum Gasteiger partial charge on any atom is 0.345 e. The Labute approximate surface area is 184 Å². The topological polar surface area (TPSA) is 89.9 Å². The Morgan fingerprint density at radius 2 is 1.94 bits per heavy atom. The summed E-state index contributed by atoms with van der Waals surface area (Å²) in [4.78, 5) is 28.6. The molecule has 2 aromatic carbocycles. The Bertz CT molecular complexity index is 1110. The summed E-state index contributed by atoms with van der Waals surface area (Å²) in [6.45, 7) is 4.02. The summed E-state index contributed by atoms with van der Waals surface area (Å²) >= 11 is 6.06. The first-order valence-corrected chi connectivity index (χ1v) is 9.85. The zero-order valence-corrected chi connectivity index (χ0v) is 17.7. The van der Waals surface area contributed by atoms with Crippen molar-refractivity contribution in [2.45, 2.75) is 13.8 Å². The van der Waals surface area contributed by atoms with E-state index >= 15 is 0 Å². The van der Waals surface area contributed by atoms with E-state index in [1.165, 1.54) is 12.4 Å². The Hall–Kier alpha value is -3.71. The molecule has 1 amide bonds. The normalized spacial score (nSPS) is 10.7. The number of nitrogens with zero attached hydrogens (tertiary/aromatic N) is 2. The number of benzene rings is 2. The van der Waals surface area contributed by atoms with Crippen molar-refractivity contribution in [3.05, 3.63) is 88.2 Å². The number of aromatic nitrogens is 1. The molecular formula is C23H20ClN3O4. The number of rotatable bonds is 7. The van der Waals surface area contributed by atoms with Crippen LogP contribution in [-0.4, -0.2) is 29.7 Å². The van der Waals surface area contributed by atoms with Crippen LogP contribution < -0.4 is 14.9 Å². The molecule has 158 valence electrons. The first-order chi connectivity index (χ1) is 15.0. The number of pyridine rings is 1. The molecule has 0 fully saturated rings. The minimum Gasteiger partial charge on any atom is -0.490 e. The van der Waals surface area contributed by atoms with Crippen LogP contribution in [0.5, 0.6) is 11.5 Å². The van der Waals surface area contributed by atoms with Crippen molar-refractivity contribution in [3.8, 4) is 11.5 Å². The van der Waals surface area contributed by atoms with Crippen LogP contribution >= 0.6 is 11.6 Å². The molecule has 0 saturated heterocycles. The van der Waals surface area contributed by atoms with Gasteiger partial charge < -0.3 is 9.47 Å². The Morgan fingerprint density at radius 3 is 2.65 bits per heavy atom. The van der Waals surface area contributed by atoms with Crippen LogP contribution in [0.25, 0.3) is 0 Å². The molecule has 0 aliphatic carbocycles. The van der Waals surface area contributed by atoms with Gasteiger partial charge in [0.2, 0.25) is 0 Å². The SMILES string of the molecule is CCOc1cc(/C=N/NC(=O)c2ccc(C)nc2)ccc1OC(=O)c1ccccc1Cl. The number of esters is 1. The third kappa shape index (κ3) is 5.90. The fourth-order valence-corrected chi connectivity index (χ4v) is 2.78. The summed E-state index contributed by atoms with van der Waals surface area (Å²) in [5.74, 6) is -0.356. The summed E-state index contributed by atoms with van der Waals surface area (Å²) in [6.07, 6.45) is 2.94. The van der Waals surface area contributed by atoms with Gasteiger partial charge in [-0.15, -0.1) is 0 Å². The Balaban J connectivity index is 1.71. The van der Waals surface area contributed by atoms with Crippen molar-refractivity contribution in [1.82, 2.24) is 10.4 Å². The van der Waals surface area contributed by atoms with Gasteiger partial charge in [0.25, 0.3) is 5.91 Å². The van der Waals surface area contributed by atoms with Crippen LogP contribution in [0.15, 0.2) is 65.9 Å². The van der Waals surface area contributed by atoms with Crippen molar-refractivity contribution in [3.63, 3.8) is 0 Å². The highest BCUT2D eigenvalue weighted by Gasteiger charge is 2.15. The van der Waals surface area contributed by atoms with Crippen LogP contribution in [0.4, 0.5) is 0 Å². The molecule has 31 heavy (non-hydrogen) atoms. The summed E-state index contributed by atoms with van der Waals surface area (Å²) in [6, 6.07) is 15.0. The second-order valence-electron chi connectivity index (χ2n) is 6.40. The molecule has 1 heterocycles. The summed E-state index contributed by atoms with van der Waals surface area (Å²) < 4.78 is 11.0. The molecule has 3 rings (SSSR count). The highest BCUT2D eigenvalue weighted by Crippen LogP contribution is 2.29. The van der Waals surface area contributed by atoms with Gasteiger partial charge in [0.1, 0.15) is 0 Å². The van der Waals surface area contributed by atoms with Gasteiger partial charge in [-0.1, -0.05) is 23.7 Å². The lowest BCUT2D eigenvalue weighted by Gasteiger charge is -2.12. The standard InChI is InChI=1S/C23H20ClN3O4/c1-3-30-21-12-16(13-26-27-22(28)17-10-8-15(2)25-14-17)9-11-20(21)31-23(29)18-6-4-5-7-19(18)24/h4-14H,3H2,1-2H3,(H,27,28)/b26-13+. The van der Waals surface area contributed by atoms with Gasteiger partial charge in [0.15, 0.2) is 11.5 Å². The smallest absolute Gasteiger partial charge is 0.345 e. The second kappa shape index (κ2) is 10.4. The van der Waals surface area contributed by atoms with E-state index < -0.39 is 5.97 Å². The summed E-state index contributed by atoms with van der Waals surface area (Å²) in [5.41, 5.74) is 4.56. The van der Waals surface area contributed by atoms with E-state index in [1.54, 1.807) is 54.6 Å². The lowest BCUT2D eigenvalue weighted by molar-refractivity contribution is 0.0728. The molecule has 8 heteroatoms. The fraction of sp³-hybridized carbons (Fsp3) is 0.130. The van der Waals surface area contributed by atoms with Gasteiger partial charge in [-0.05, 0) is 61.9 Å². The quantitative estimate of drug-likeness (QED) is 0.255. The number of carbonyl (C=O) groups excluding carboxylic acids is 2. The molecule has 0 spiro atoms. The number of nitrogens with one attached hydrogen (secondary N) is 1. The van der Waals surface area contributed by atoms with Crippen molar-refractivity contribution in [2.24, 2.45) is 5.10 Å². The number of aryl methyl sites for hydroxylation is 1. The monoisotopic (exact) mass is 437 g/mol. The molecule has 0 bridgehead atoms. The Morgan fingerprint density at radius 1 is 1.13 bits per heavy atom. The maximum atomic E-state index is 12.4. The third-order valence-electron chi connectivity index (χ3n) is 4.12. The number of hydrogen-bond acceptors (Lipinski definition) is 6. The Kier molecular flexibility index (Phi) is 7.35. The number of halogens is 1. The number of hydrazone groups is 1. The molecule has 1 N–H and O–H groups in total. The molecule has 0 aliphatic heterocycles. The van der Waals surface area contributed by atoms with E-state index in [9.17, 15) is 9.59 Å². The van der Waals surface area contributed by atoms with E-state index in [0.717, 1.165) is 5.69 Å². The molecule has 0 unspecified atom stereocenters. The minimum absolute atomic E-state index is 0.249. The molecule has 0 aliphatic rings. The van der Waals surface area contributed by atoms with Gasteiger partial charge in [0, 0.05) is 11.9 Å². The summed E-state index contributed by atoms with van der Waals surface area (Å²) in [7, 11) is 0. The molecule has 3 aromatic rings. The molecular weight excluding hydrogens is 418 g/mol. The molecule has 0 atom stereocenters. The second-order valence-corrected chi connectivity index (χ2v) is 6.80. The summed E-state index contributed by atoms with van der Waals surface area (Å²) in [5, 5.41) is 4.26. The van der Waals surface area contributed by atoms with Crippen molar-refractivity contribution in [2.75, 3.05) is 6.61 Å². The molecule has 7 nitrogen and oxygen atoms in total. The zero-order valence-electron chi connectivity index (χ0n) is 17.0. The average molecular weight is 438 g/mol. The van der Waals surface area contributed by atoms with Gasteiger partial charge in [-0.3, -0.25) is 9.78 Å². The maximum absolute atomic E-state index is 12.4.